The third-order valence-corrected chi connectivity index (χ3v) is 5.83. The number of nitrogens with zero attached hydrogens (tertiary/aromatic N) is 4. The molecule has 0 aliphatic rings. The third-order valence-electron chi connectivity index (χ3n) is 4.48. The number of hydrogen-bond donors (Lipinski definition) is 1. The monoisotopic (exact) mass is 475 g/mol. The first-order valence-electron chi connectivity index (χ1n) is 9.88. The fourth-order valence-electron chi connectivity index (χ4n) is 2.77. The molecule has 0 saturated carbocycles. The van der Waals surface area contributed by atoms with Crippen molar-refractivity contribution in [2.24, 2.45) is 7.05 Å². The summed E-state index contributed by atoms with van der Waals surface area (Å²) in [7, 11) is 1.82. The maximum atomic E-state index is 12.3. The van der Waals surface area contributed by atoms with Gasteiger partial charge in [0, 0.05) is 24.7 Å². The number of ether oxygens (including phenoxy) is 1. The van der Waals surface area contributed by atoms with Gasteiger partial charge in [-0.05, 0) is 36.8 Å². The van der Waals surface area contributed by atoms with Gasteiger partial charge in [-0.3, -0.25) is 14.9 Å². The lowest BCUT2D eigenvalue weighted by Crippen LogP contribution is -2.15. The fourth-order valence-corrected chi connectivity index (χ4v) is 3.64. The number of rotatable bonds is 10. The van der Waals surface area contributed by atoms with Gasteiger partial charge in [-0.2, -0.15) is 0 Å². The van der Waals surface area contributed by atoms with Crippen LogP contribution in [-0.4, -0.2) is 38.0 Å². The highest BCUT2D eigenvalue weighted by atomic mass is 35.5. The SMILES string of the molecule is CCCCOc1ccc(-c2nnc(SCC(=O)Nc3cc([N+](=O)[O-])ccc3Cl)n2C)cc1. The quantitative estimate of drug-likeness (QED) is 0.191. The third kappa shape index (κ3) is 5.98. The van der Waals surface area contributed by atoms with Crippen LogP contribution in [0.3, 0.4) is 0 Å². The fraction of sp³-hybridized carbons (Fsp3) is 0.286. The van der Waals surface area contributed by atoms with Gasteiger partial charge in [-0.25, -0.2) is 0 Å². The van der Waals surface area contributed by atoms with E-state index in [4.69, 9.17) is 16.3 Å². The van der Waals surface area contributed by atoms with Crippen molar-refractivity contribution in [3.05, 3.63) is 57.6 Å². The molecule has 0 unspecified atom stereocenters. The van der Waals surface area contributed by atoms with E-state index in [1.54, 1.807) is 4.57 Å². The maximum Gasteiger partial charge on any atom is 0.271 e. The van der Waals surface area contributed by atoms with Crippen LogP contribution in [0.2, 0.25) is 5.02 Å². The Labute approximate surface area is 194 Å². The van der Waals surface area contributed by atoms with Crippen LogP contribution in [0, 0.1) is 10.1 Å². The molecule has 9 nitrogen and oxygen atoms in total. The van der Waals surface area contributed by atoms with Crippen LogP contribution in [-0.2, 0) is 11.8 Å². The largest absolute Gasteiger partial charge is 0.494 e. The van der Waals surface area contributed by atoms with Gasteiger partial charge in [-0.1, -0.05) is 36.7 Å². The van der Waals surface area contributed by atoms with E-state index in [1.807, 2.05) is 31.3 Å². The number of amides is 1. The number of nitro groups is 1. The van der Waals surface area contributed by atoms with E-state index in [1.165, 1.54) is 30.0 Å². The van der Waals surface area contributed by atoms with Crippen LogP contribution in [0.4, 0.5) is 11.4 Å². The van der Waals surface area contributed by atoms with Crippen LogP contribution < -0.4 is 10.1 Å². The van der Waals surface area contributed by atoms with Crippen molar-refractivity contribution in [3.63, 3.8) is 0 Å². The van der Waals surface area contributed by atoms with Crippen molar-refractivity contribution in [3.8, 4) is 17.1 Å². The summed E-state index contributed by atoms with van der Waals surface area (Å²) in [6.45, 7) is 2.80. The van der Waals surface area contributed by atoms with Crippen molar-refractivity contribution in [1.82, 2.24) is 14.8 Å². The van der Waals surface area contributed by atoms with Crippen molar-refractivity contribution in [1.29, 1.82) is 0 Å². The minimum absolute atomic E-state index is 0.0369. The summed E-state index contributed by atoms with van der Waals surface area (Å²) in [5.41, 5.74) is 0.908. The average molecular weight is 476 g/mol. The van der Waals surface area contributed by atoms with Crippen LogP contribution in [0.5, 0.6) is 5.75 Å². The first kappa shape index (κ1) is 23.6. The van der Waals surface area contributed by atoms with Gasteiger partial charge in [0.05, 0.1) is 28.0 Å². The van der Waals surface area contributed by atoms with Crippen molar-refractivity contribution < 1.29 is 14.5 Å². The van der Waals surface area contributed by atoms with Crippen LogP contribution >= 0.6 is 23.4 Å². The molecule has 0 spiro atoms. The highest BCUT2D eigenvalue weighted by Gasteiger charge is 2.15. The number of nitro benzene ring substituents is 1. The molecule has 0 bridgehead atoms. The molecule has 3 aromatic rings. The molecule has 1 amide bonds. The highest BCUT2D eigenvalue weighted by molar-refractivity contribution is 7.99. The van der Waals surface area contributed by atoms with E-state index in [9.17, 15) is 14.9 Å². The number of halogens is 1. The Hall–Kier alpha value is -3.11. The number of hydrogen-bond acceptors (Lipinski definition) is 7. The molecule has 0 radical (unpaired) electrons. The Morgan fingerprint density at radius 2 is 2.00 bits per heavy atom. The molecule has 0 saturated heterocycles. The number of thioether (sulfide) groups is 1. The first-order chi connectivity index (χ1) is 15.4. The van der Waals surface area contributed by atoms with Crippen molar-refractivity contribution in [2.75, 3.05) is 17.7 Å². The second-order valence-corrected chi connectivity index (χ2v) is 8.20. The van der Waals surface area contributed by atoms with Gasteiger partial charge in [0.2, 0.25) is 5.91 Å². The molecule has 0 atom stereocenters. The normalized spacial score (nSPS) is 10.7. The predicted octanol–water partition coefficient (Wildman–Crippen LogP) is 4.95. The zero-order chi connectivity index (χ0) is 23.1. The Morgan fingerprint density at radius 3 is 2.69 bits per heavy atom. The molecule has 1 heterocycles. The van der Waals surface area contributed by atoms with Crippen LogP contribution in [0.25, 0.3) is 11.4 Å². The van der Waals surface area contributed by atoms with E-state index in [2.05, 4.69) is 22.4 Å². The Balaban J connectivity index is 1.61. The summed E-state index contributed by atoms with van der Waals surface area (Å²) in [6.07, 6.45) is 2.08. The molecule has 3 rings (SSSR count). The average Bonchev–Trinajstić information content (AvgIpc) is 3.14. The molecule has 0 fully saturated rings. The number of non-ortho nitro benzene ring substituents is 1. The van der Waals surface area contributed by atoms with Gasteiger partial charge < -0.3 is 14.6 Å². The summed E-state index contributed by atoms with van der Waals surface area (Å²) in [5.74, 6) is 1.13. The molecular formula is C21H22ClN5O4S. The molecule has 2 aromatic carbocycles. The second-order valence-electron chi connectivity index (χ2n) is 6.85. The zero-order valence-electron chi connectivity index (χ0n) is 17.6. The predicted molar refractivity (Wildman–Crippen MR) is 124 cm³/mol. The number of carbonyl (C=O) groups excluding carboxylic acids is 1. The highest BCUT2D eigenvalue weighted by Crippen LogP contribution is 2.28. The number of unbranched alkanes of at least 4 members (excludes halogenated alkanes) is 1. The lowest BCUT2D eigenvalue weighted by atomic mass is 10.2. The van der Waals surface area contributed by atoms with Crippen molar-refractivity contribution >= 4 is 40.6 Å². The van der Waals surface area contributed by atoms with E-state index < -0.39 is 4.92 Å². The molecule has 168 valence electrons. The van der Waals surface area contributed by atoms with Crippen LogP contribution in [0.1, 0.15) is 19.8 Å². The van der Waals surface area contributed by atoms with Gasteiger partial charge in [0.1, 0.15) is 5.75 Å². The van der Waals surface area contributed by atoms with Gasteiger partial charge in [0.15, 0.2) is 11.0 Å². The molecular weight excluding hydrogens is 454 g/mol. The topological polar surface area (TPSA) is 112 Å². The molecule has 0 aliphatic carbocycles. The van der Waals surface area contributed by atoms with E-state index in [-0.39, 0.29) is 28.1 Å². The minimum Gasteiger partial charge on any atom is -0.494 e. The lowest BCUT2D eigenvalue weighted by Gasteiger charge is -2.08. The Morgan fingerprint density at radius 1 is 1.25 bits per heavy atom. The number of nitrogens with one attached hydrogen (secondary N) is 1. The number of carbonyl (C=O) groups is 1. The van der Waals surface area contributed by atoms with E-state index in [0.717, 1.165) is 24.2 Å². The van der Waals surface area contributed by atoms with E-state index >= 15 is 0 Å². The zero-order valence-corrected chi connectivity index (χ0v) is 19.2. The molecule has 32 heavy (non-hydrogen) atoms. The molecule has 11 heteroatoms. The molecule has 0 aliphatic heterocycles. The second kappa shape index (κ2) is 11.0. The summed E-state index contributed by atoms with van der Waals surface area (Å²) >= 11 is 7.22. The summed E-state index contributed by atoms with van der Waals surface area (Å²) in [5, 5.41) is 22.7. The summed E-state index contributed by atoms with van der Waals surface area (Å²) < 4.78 is 7.47. The maximum absolute atomic E-state index is 12.3. The van der Waals surface area contributed by atoms with Gasteiger partial charge >= 0.3 is 0 Å². The molecule has 1 N–H and O–H groups in total. The Kier molecular flexibility index (Phi) is 8.07. The van der Waals surface area contributed by atoms with E-state index in [0.29, 0.717) is 17.6 Å². The number of aromatic nitrogens is 3. The smallest absolute Gasteiger partial charge is 0.271 e. The standard InChI is InChI=1S/C21H22ClN5O4S/c1-3-4-11-31-16-8-5-14(6-9-16)20-24-25-21(26(20)2)32-13-19(28)23-18-12-15(27(29)30)7-10-17(18)22/h5-10,12H,3-4,11,13H2,1-2H3,(H,23,28). The summed E-state index contributed by atoms with van der Waals surface area (Å²) in [6, 6.07) is 11.5. The number of anilines is 1. The van der Waals surface area contributed by atoms with Gasteiger partial charge in [0.25, 0.3) is 5.69 Å². The lowest BCUT2D eigenvalue weighted by molar-refractivity contribution is -0.384. The minimum atomic E-state index is -0.550. The number of benzene rings is 2. The van der Waals surface area contributed by atoms with Crippen LogP contribution in [0.15, 0.2) is 47.6 Å². The van der Waals surface area contributed by atoms with Crippen molar-refractivity contribution in [2.45, 2.75) is 24.9 Å². The first-order valence-corrected chi connectivity index (χ1v) is 11.2. The molecule has 1 aromatic heterocycles. The van der Waals surface area contributed by atoms with Gasteiger partial charge in [-0.15, -0.1) is 10.2 Å². The summed E-state index contributed by atoms with van der Waals surface area (Å²) in [4.78, 5) is 22.7. The Bertz CT molecular complexity index is 1100.